The average Bonchev–Trinajstić information content (AvgIpc) is 3.21. The molecule has 0 bridgehead atoms. The summed E-state index contributed by atoms with van der Waals surface area (Å²) in [5.41, 5.74) is -0.140. The van der Waals surface area contributed by atoms with Crippen LogP contribution >= 0.6 is 0 Å². The predicted octanol–water partition coefficient (Wildman–Crippen LogP) is -0.792. The minimum absolute atomic E-state index is 0.0931. The second-order valence-corrected chi connectivity index (χ2v) is 9.07. The molecule has 3 aliphatic rings. The highest BCUT2D eigenvalue weighted by Gasteiger charge is 2.60. The van der Waals surface area contributed by atoms with Crippen LogP contribution in [0.2, 0.25) is 0 Å². The Hall–Kier alpha value is -3.22. The molecule has 0 radical (unpaired) electrons. The van der Waals surface area contributed by atoms with Crippen LogP contribution in [0.15, 0.2) is 23.4 Å². The van der Waals surface area contributed by atoms with Gasteiger partial charge >= 0.3 is 5.97 Å². The molecule has 0 aliphatic carbocycles. The first-order valence-corrected chi connectivity index (χ1v) is 10.8. The lowest BCUT2D eigenvalue weighted by atomic mass is 9.77. The van der Waals surface area contributed by atoms with Gasteiger partial charge < -0.3 is 35.7 Å². The van der Waals surface area contributed by atoms with Crippen molar-refractivity contribution in [3.63, 3.8) is 0 Å². The van der Waals surface area contributed by atoms with E-state index in [1.807, 2.05) is 0 Å². The number of aliphatic carboxylic acids is 1. The number of β-lactam (4-membered cyclic amide) rings is 1. The van der Waals surface area contributed by atoms with E-state index in [1.165, 1.54) is 11.8 Å². The number of halogens is 1. The van der Waals surface area contributed by atoms with E-state index in [-0.39, 0.29) is 31.2 Å². The van der Waals surface area contributed by atoms with Gasteiger partial charge in [0.05, 0.1) is 35.8 Å². The van der Waals surface area contributed by atoms with E-state index < -0.39 is 70.9 Å². The van der Waals surface area contributed by atoms with Gasteiger partial charge in [0, 0.05) is 25.6 Å². The lowest BCUT2D eigenvalue weighted by Gasteiger charge is -2.46. The second kappa shape index (κ2) is 8.53. The van der Waals surface area contributed by atoms with Gasteiger partial charge in [0.15, 0.2) is 17.3 Å². The van der Waals surface area contributed by atoms with Crippen molar-refractivity contribution in [3.05, 3.63) is 34.8 Å². The third-order valence-electron chi connectivity index (χ3n) is 6.93. The molecule has 6 N–H and O–H groups in total. The number of carbonyl (C=O) groups is 3. The van der Waals surface area contributed by atoms with Gasteiger partial charge in [0.1, 0.15) is 5.70 Å². The molecule has 6 atom stereocenters. The summed E-state index contributed by atoms with van der Waals surface area (Å²) in [5.74, 6) is -6.67. The first-order chi connectivity index (χ1) is 15.9. The number of nitrogens with zero attached hydrogens (tertiary/aromatic N) is 2. The predicted molar refractivity (Wildman–Crippen MR) is 113 cm³/mol. The number of carbonyl (C=O) groups excluding carboxylic acids is 2. The Balaban J connectivity index is 1.48. The van der Waals surface area contributed by atoms with Crippen molar-refractivity contribution in [2.45, 2.75) is 38.1 Å². The molecule has 3 heterocycles. The van der Waals surface area contributed by atoms with E-state index >= 15 is 0 Å². The van der Waals surface area contributed by atoms with Crippen LogP contribution in [-0.2, 0) is 9.59 Å². The van der Waals surface area contributed by atoms with Gasteiger partial charge in [-0.15, -0.1) is 0 Å². The number of phenolic OH excluding ortho intramolecular Hbond substituents is 2. The van der Waals surface area contributed by atoms with Crippen molar-refractivity contribution in [3.8, 4) is 11.5 Å². The molecule has 3 aliphatic heterocycles. The fourth-order valence-corrected chi connectivity index (χ4v) is 5.21. The molecule has 184 valence electrons. The van der Waals surface area contributed by atoms with Crippen molar-refractivity contribution < 1.29 is 44.3 Å². The van der Waals surface area contributed by atoms with E-state index in [0.717, 1.165) is 12.1 Å². The summed E-state index contributed by atoms with van der Waals surface area (Å²) in [6, 6.07) is 0.708. The van der Waals surface area contributed by atoms with E-state index in [9.17, 15) is 44.3 Å². The van der Waals surface area contributed by atoms with Crippen molar-refractivity contribution in [1.29, 1.82) is 0 Å². The number of aliphatic hydroxyl groups is 2. The third-order valence-corrected chi connectivity index (χ3v) is 6.93. The number of rotatable bonds is 6. The Kier molecular flexibility index (Phi) is 6.00. The van der Waals surface area contributed by atoms with E-state index in [2.05, 4.69) is 5.32 Å². The normalized spacial score (nSPS) is 29.7. The van der Waals surface area contributed by atoms with Crippen molar-refractivity contribution in [2.75, 3.05) is 19.6 Å². The SMILES string of the molecule is C[C@@H](O)[C@H]1C(=O)N2C(C(=O)O)=C(CN3C[C@H](NC(=O)c4ccc(O)c(O)c4F)[C@@H](O)C3)[C@H](C)[C@H]12. The molecule has 4 rings (SSSR count). The zero-order valence-electron chi connectivity index (χ0n) is 18.5. The topological polar surface area (TPSA) is 171 Å². The molecule has 0 saturated carbocycles. The molecule has 0 unspecified atom stereocenters. The zero-order valence-corrected chi connectivity index (χ0v) is 18.5. The maximum atomic E-state index is 14.1. The van der Waals surface area contributed by atoms with Crippen LogP contribution in [0.25, 0.3) is 0 Å². The summed E-state index contributed by atoms with van der Waals surface area (Å²) in [7, 11) is 0. The number of benzene rings is 1. The van der Waals surface area contributed by atoms with Crippen LogP contribution in [0.4, 0.5) is 4.39 Å². The molecule has 2 saturated heterocycles. The molecular weight excluding hydrogens is 453 g/mol. The standard InChI is InChI=1S/C22H26FN3O8/c1-8-11(18(22(33)34)26-17(8)15(9(2)27)21(26)32)5-25-6-12(14(29)7-25)24-20(31)10-3-4-13(28)19(30)16(10)23/h3-4,8-9,12,14-15,17,27-30H,5-7H2,1-2H3,(H,24,31)(H,33,34)/t8-,9+,12-,14-,15+,17+/m0/s1. The summed E-state index contributed by atoms with van der Waals surface area (Å²) in [6.45, 7) is 3.62. The number of likely N-dealkylation sites (tertiary alicyclic amines) is 1. The molecule has 2 amide bonds. The van der Waals surface area contributed by atoms with Crippen LogP contribution in [-0.4, -0.2) is 97.0 Å². The van der Waals surface area contributed by atoms with Crippen LogP contribution in [0, 0.1) is 17.7 Å². The zero-order chi connectivity index (χ0) is 25.1. The van der Waals surface area contributed by atoms with E-state index in [4.69, 9.17) is 0 Å². The lowest BCUT2D eigenvalue weighted by molar-refractivity contribution is -0.163. The summed E-state index contributed by atoms with van der Waals surface area (Å²) in [5, 5.41) is 51.5. The maximum absolute atomic E-state index is 14.1. The third kappa shape index (κ3) is 3.67. The highest BCUT2D eigenvalue weighted by molar-refractivity contribution is 6.00. The highest BCUT2D eigenvalue weighted by Crippen LogP contribution is 2.47. The minimum Gasteiger partial charge on any atom is -0.504 e. The summed E-state index contributed by atoms with van der Waals surface area (Å²) >= 11 is 0. The van der Waals surface area contributed by atoms with Crippen LogP contribution in [0.1, 0.15) is 24.2 Å². The van der Waals surface area contributed by atoms with Crippen molar-refractivity contribution in [1.82, 2.24) is 15.1 Å². The molecule has 0 spiro atoms. The molecular formula is C22H26FN3O8. The Morgan fingerprint density at radius 3 is 2.56 bits per heavy atom. The summed E-state index contributed by atoms with van der Waals surface area (Å²) in [6.07, 6.45) is -1.95. The first kappa shape index (κ1) is 23.9. The van der Waals surface area contributed by atoms with Crippen molar-refractivity contribution in [2.24, 2.45) is 11.8 Å². The molecule has 34 heavy (non-hydrogen) atoms. The second-order valence-electron chi connectivity index (χ2n) is 9.07. The monoisotopic (exact) mass is 479 g/mol. The van der Waals surface area contributed by atoms with Gasteiger partial charge in [-0.3, -0.25) is 14.5 Å². The number of carboxylic acid groups (broad SMARTS) is 1. The molecule has 11 nitrogen and oxygen atoms in total. The van der Waals surface area contributed by atoms with Gasteiger partial charge in [-0.05, 0) is 24.6 Å². The van der Waals surface area contributed by atoms with Gasteiger partial charge in [-0.1, -0.05) is 6.92 Å². The first-order valence-electron chi connectivity index (χ1n) is 10.8. The largest absolute Gasteiger partial charge is 0.504 e. The number of hydrogen-bond donors (Lipinski definition) is 6. The van der Waals surface area contributed by atoms with E-state index in [0.29, 0.717) is 5.57 Å². The number of carboxylic acids is 1. The summed E-state index contributed by atoms with van der Waals surface area (Å²) in [4.78, 5) is 39.8. The fourth-order valence-electron chi connectivity index (χ4n) is 5.21. The Morgan fingerprint density at radius 2 is 1.94 bits per heavy atom. The summed E-state index contributed by atoms with van der Waals surface area (Å²) < 4.78 is 14.1. The minimum atomic E-state index is -1.29. The number of aromatic hydroxyl groups is 2. The molecule has 12 heteroatoms. The molecule has 0 aromatic heterocycles. The van der Waals surface area contributed by atoms with Gasteiger partial charge in [0.2, 0.25) is 5.91 Å². The van der Waals surface area contributed by atoms with Crippen LogP contribution in [0.3, 0.4) is 0 Å². The Labute approximate surface area is 193 Å². The molecule has 1 aromatic carbocycles. The van der Waals surface area contributed by atoms with Crippen molar-refractivity contribution >= 4 is 17.8 Å². The number of nitrogens with one attached hydrogen (secondary N) is 1. The number of hydrogen-bond acceptors (Lipinski definition) is 8. The number of β-amino-alcohol motifs (C(OH)–C–C–N with tert-alkyl or cyclic N) is 1. The smallest absolute Gasteiger partial charge is 0.352 e. The molecule has 1 aromatic rings. The number of phenols is 2. The van der Waals surface area contributed by atoms with Gasteiger partial charge in [-0.2, -0.15) is 0 Å². The maximum Gasteiger partial charge on any atom is 0.352 e. The molecule has 2 fully saturated rings. The van der Waals surface area contributed by atoms with Crippen LogP contribution < -0.4 is 5.32 Å². The van der Waals surface area contributed by atoms with Gasteiger partial charge in [0.25, 0.3) is 5.91 Å². The van der Waals surface area contributed by atoms with Gasteiger partial charge in [-0.25, -0.2) is 9.18 Å². The fraction of sp³-hybridized carbons (Fsp3) is 0.500. The van der Waals surface area contributed by atoms with E-state index in [1.54, 1.807) is 11.8 Å². The number of amides is 2. The Bertz CT molecular complexity index is 1090. The number of fused-ring (bicyclic) bond motifs is 1. The average molecular weight is 479 g/mol. The quantitative estimate of drug-likeness (QED) is 0.226. The van der Waals surface area contributed by atoms with Crippen LogP contribution in [0.5, 0.6) is 11.5 Å². The lowest BCUT2D eigenvalue weighted by Crippen LogP contribution is -2.63. The number of aliphatic hydroxyl groups excluding tert-OH is 2. The Morgan fingerprint density at radius 1 is 1.26 bits per heavy atom. The highest BCUT2D eigenvalue weighted by atomic mass is 19.1.